The van der Waals surface area contributed by atoms with Crippen LogP contribution in [0.25, 0.3) is 5.57 Å². The maximum absolute atomic E-state index is 13.4. The summed E-state index contributed by atoms with van der Waals surface area (Å²) in [6, 6.07) is 19.6. The molecule has 2 saturated heterocycles. The van der Waals surface area contributed by atoms with E-state index in [4.69, 9.17) is 0 Å². The fourth-order valence-corrected chi connectivity index (χ4v) is 5.43. The Morgan fingerprint density at radius 3 is 2.31 bits per heavy atom. The summed E-state index contributed by atoms with van der Waals surface area (Å²) in [6.07, 6.45) is 4.46. The number of likely N-dealkylation sites (tertiary alicyclic amines) is 2. The number of hydrogen-bond donors (Lipinski definition) is 0. The Hall–Kier alpha value is -1.46. The van der Waals surface area contributed by atoms with E-state index in [2.05, 4.69) is 65.6 Å². The summed E-state index contributed by atoms with van der Waals surface area (Å²) in [7, 11) is 0. The number of rotatable bonds is 6. The Balaban J connectivity index is 0.00000144. The first-order valence-corrected chi connectivity index (χ1v) is 11.2. The van der Waals surface area contributed by atoms with Crippen LogP contribution >= 0.6 is 24.8 Å². The highest BCUT2D eigenvalue weighted by Crippen LogP contribution is 2.43. The zero-order valence-electron chi connectivity index (χ0n) is 18.3. The van der Waals surface area contributed by atoms with E-state index in [-0.39, 0.29) is 37.8 Å². The second-order valence-corrected chi connectivity index (χ2v) is 9.27. The molecule has 1 aliphatic carbocycles. The third kappa shape index (κ3) is 5.72. The van der Waals surface area contributed by atoms with E-state index in [1.165, 1.54) is 35.2 Å². The molecule has 2 heterocycles. The van der Waals surface area contributed by atoms with Gasteiger partial charge in [0.2, 0.25) is 0 Å². The van der Waals surface area contributed by atoms with E-state index in [1.54, 1.807) is 0 Å². The molecule has 32 heavy (non-hydrogen) atoms. The van der Waals surface area contributed by atoms with Crippen molar-refractivity contribution in [3.05, 3.63) is 77.4 Å². The van der Waals surface area contributed by atoms with Crippen molar-refractivity contribution < 1.29 is 8.78 Å². The molecule has 6 heteroatoms. The zero-order chi connectivity index (χ0) is 20.6. The molecule has 2 aromatic rings. The van der Waals surface area contributed by atoms with Gasteiger partial charge in [0.05, 0.1) is 6.54 Å². The van der Waals surface area contributed by atoms with Gasteiger partial charge in [0, 0.05) is 45.1 Å². The van der Waals surface area contributed by atoms with Gasteiger partial charge in [0.15, 0.2) is 0 Å². The Bertz CT molecular complexity index is 902. The average molecular weight is 481 g/mol. The Morgan fingerprint density at radius 2 is 1.62 bits per heavy atom. The standard InChI is InChI=1S/C26H30F2N2.2ClH/c27-26(28)13-15-29(19-26)14-12-20-6-8-22(9-7-20)24-11-10-23-17-30(18-25(23)24)16-21-4-2-1-3-5-21;;/h1-9,11,23,25H,10,12-19H2;2*1H. The van der Waals surface area contributed by atoms with Gasteiger partial charge in [-0.25, -0.2) is 8.78 Å². The summed E-state index contributed by atoms with van der Waals surface area (Å²) >= 11 is 0. The molecule has 0 radical (unpaired) electrons. The molecule has 2 nitrogen and oxygen atoms in total. The predicted octanol–water partition coefficient (Wildman–Crippen LogP) is 5.95. The highest BCUT2D eigenvalue weighted by molar-refractivity contribution is 5.85. The minimum Gasteiger partial charge on any atom is -0.298 e. The van der Waals surface area contributed by atoms with Crippen molar-refractivity contribution in [1.82, 2.24) is 9.80 Å². The quantitative estimate of drug-likeness (QED) is 0.503. The lowest BCUT2D eigenvalue weighted by Crippen LogP contribution is -2.27. The molecular weight excluding hydrogens is 449 g/mol. The fourth-order valence-electron chi connectivity index (χ4n) is 5.43. The van der Waals surface area contributed by atoms with Crippen molar-refractivity contribution in [2.75, 3.05) is 32.7 Å². The second-order valence-electron chi connectivity index (χ2n) is 9.27. The smallest absolute Gasteiger partial charge is 0.261 e. The van der Waals surface area contributed by atoms with Crippen LogP contribution in [0.3, 0.4) is 0 Å². The lowest BCUT2D eigenvalue weighted by Gasteiger charge is -2.18. The Kier molecular flexibility index (Phi) is 8.37. The number of hydrogen-bond acceptors (Lipinski definition) is 2. The van der Waals surface area contributed by atoms with Crippen LogP contribution in [0.2, 0.25) is 0 Å². The summed E-state index contributed by atoms with van der Waals surface area (Å²) in [5.41, 5.74) is 5.46. The third-order valence-corrected chi connectivity index (χ3v) is 7.06. The topological polar surface area (TPSA) is 6.48 Å². The van der Waals surface area contributed by atoms with E-state index >= 15 is 0 Å². The molecule has 3 aliphatic rings. The average Bonchev–Trinajstić information content (AvgIpc) is 3.41. The summed E-state index contributed by atoms with van der Waals surface area (Å²) in [6.45, 7) is 4.50. The minimum atomic E-state index is -2.50. The van der Waals surface area contributed by atoms with Crippen LogP contribution in [-0.4, -0.2) is 48.4 Å². The van der Waals surface area contributed by atoms with E-state index in [0.717, 1.165) is 32.0 Å². The monoisotopic (exact) mass is 480 g/mol. The lowest BCUT2D eigenvalue weighted by molar-refractivity contribution is 0.0123. The van der Waals surface area contributed by atoms with Crippen molar-refractivity contribution in [2.45, 2.75) is 31.7 Å². The number of halogens is 4. The van der Waals surface area contributed by atoms with Gasteiger partial charge in [-0.1, -0.05) is 60.7 Å². The van der Waals surface area contributed by atoms with Crippen molar-refractivity contribution in [1.29, 1.82) is 0 Å². The largest absolute Gasteiger partial charge is 0.298 e. The summed E-state index contributed by atoms with van der Waals surface area (Å²) in [4.78, 5) is 4.48. The predicted molar refractivity (Wildman–Crippen MR) is 132 cm³/mol. The maximum Gasteiger partial charge on any atom is 0.261 e. The Labute approximate surface area is 202 Å². The van der Waals surface area contributed by atoms with Crippen LogP contribution in [-0.2, 0) is 13.0 Å². The summed E-state index contributed by atoms with van der Waals surface area (Å²) in [5, 5.41) is 0. The molecule has 2 fully saturated rings. The third-order valence-electron chi connectivity index (χ3n) is 7.06. The van der Waals surface area contributed by atoms with Crippen LogP contribution in [0.15, 0.2) is 60.7 Å². The highest BCUT2D eigenvalue weighted by Gasteiger charge is 2.39. The van der Waals surface area contributed by atoms with Gasteiger partial charge < -0.3 is 0 Å². The number of allylic oxidation sites excluding steroid dienone is 1. The molecule has 0 bridgehead atoms. The summed E-state index contributed by atoms with van der Waals surface area (Å²) < 4.78 is 26.7. The van der Waals surface area contributed by atoms with Gasteiger partial charge in [0.1, 0.15) is 0 Å². The molecule has 0 N–H and O–H groups in total. The van der Waals surface area contributed by atoms with Gasteiger partial charge in [-0.05, 0) is 41.0 Å². The van der Waals surface area contributed by atoms with Gasteiger partial charge >= 0.3 is 0 Å². The Morgan fingerprint density at radius 1 is 0.875 bits per heavy atom. The van der Waals surface area contributed by atoms with Crippen LogP contribution in [0, 0.1) is 11.8 Å². The molecule has 0 saturated carbocycles. The number of fused-ring (bicyclic) bond motifs is 1. The van der Waals surface area contributed by atoms with Gasteiger partial charge in [0.25, 0.3) is 5.92 Å². The molecule has 2 aliphatic heterocycles. The van der Waals surface area contributed by atoms with Crippen LogP contribution in [0.4, 0.5) is 8.78 Å². The first-order valence-electron chi connectivity index (χ1n) is 11.2. The van der Waals surface area contributed by atoms with Gasteiger partial charge in [-0.15, -0.1) is 24.8 Å². The molecule has 2 aromatic carbocycles. The minimum absolute atomic E-state index is 0. The molecule has 0 amide bonds. The summed E-state index contributed by atoms with van der Waals surface area (Å²) in [5.74, 6) is -1.13. The van der Waals surface area contributed by atoms with Gasteiger partial charge in [-0.3, -0.25) is 9.80 Å². The van der Waals surface area contributed by atoms with E-state index in [0.29, 0.717) is 12.5 Å². The fraction of sp³-hybridized carbons (Fsp3) is 0.462. The maximum atomic E-state index is 13.4. The molecule has 174 valence electrons. The lowest BCUT2D eigenvalue weighted by atomic mass is 9.90. The number of alkyl halides is 2. The first-order chi connectivity index (χ1) is 14.6. The van der Waals surface area contributed by atoms with Crippen molar-refractivity contribution in [3.63, 3.8) is 0 Å². The van der Waals surface area contributed by atoms with E-state index < -0.39 is 5.92 Å². The van der Waals surface area contributed by atoms with E-state index in [9.17, 15) is 8.78 Å². The van der Waals surface area contributed by atoms with Crippen molar-refractivity contribution in [3.8, 4) is 0 Å². The highest BCUT2D eigenvalue weighted by atomic mass is 35.5. The molecule has 2 unspecified atom stereocenters. The van der Waals surface area contributed by atoms with Crippen LogP contribution < -0.4 is 0 Å². The normalized spacial score (nSPS) is 24.5. The SMILES string of the molecule is Cl.Cl.FC1(F)CCN(CCc2ccc(C3=CCC4CN(Cc5ccccc5)CC34)cc2)C1. The zero-order valence-corrected chi connectivity index (χ0v) is 19.9. The number of nitrogens with zero attached hydrogens (tertiary/aromatic N) is 2. The van der Waals surface area contributed by atoms with E-state index in [1.807, 2.05) is 4.90 Å². The van der Waals surface area contributed by atoms with Crippen LogP contribution in [0.1, 0.15) is 29.5 Å². The molecule has 0 aromatic heterocycles. The van der Waals surface area contributed by atoms with Crippen molar-refractivity contribution >= 4 is 30.4 Å². The van der Waals surface area contributed by atoms with Crippen LogP contribution in [0.5, 0.6) is 0 Å². The van der Waals surface area contributed by atoms with Gasteiger partial charge in [-0.2, -0.15) is 0 Å². The molecule has 2 atom stereocenters. The molecular formula is C26H32Cl2F2N2. The second kappa shape index (κ2) is 10.6. The number of benzene rings is 2. The molecule has 5 rings (SSSR count). The molecule has 0 spiro atoms. The van der Waals surface area contributed by atoms with Crippen molar-refractivity contribution in [2.24, 2.45) is 11.8 Å². The first kappa shape index (κ1) is 25.2.